The fourth-order valence-corrected chi connectivity index (χ4v) is 2.58. The van der Waals surface area contributed by atoms with E-state index in [4.69, 9.17) is 9.73 Å². The van der Waals surface area contributed by atoms with Crippen LogP contribution in [0.4, 0.5) is 0 Å². The number of rotatable bonds is 12. The van der Waals surface area contributed by atoms with E-state index in [0.29, 0.717) is 12.0 Å². The largest absolute Gasteiger partial charge is 0.385 e. The Labute approximate surface area is 161 Å². The van der Waals surface area contributed by atoms with Crippen molar-refractivity contribution < 1.29 is 4.74 Å². The van der Waals surface area contributed by atoms with Crippen molar-refractivity contribution in [3.63, 3.8) is 0 Å². The minimum atomic E-state index is 0. The lowest BCUT2D eigenvalue weighted by atomic mass is 10.0. The van der Waals surface area contributed by atoms with Crippen LogP contribution in [0.3, 0.4) is 0 Å². The fourth-order valence-electron chi connectivity index (χ4n) is 2.58. The van der Waals surface area contributed by atoms with Crippen LogP contribution in [0.15, 0.2) is 4.99 Å². The molecule has 0 fully saturated rings. The van der Waals surface area contributed by atoms with Crippen molar-refractivity contribution in [1.29, 1.82) is 0 Å². The summed E-state index contributed by atoms with van der Waals surface area (Å²) in [5, 5.41) is 6.70. The zero-order chi connectivity index (χ0) is 16.8. The zero-order valence-electron chi connectivity index (χ0n) is 16.0. The lowest BCUT2D eigenvalue weighted by Gasteiger charge is -2.30. The maximum Gasteiger partial charge on any atom is 0.191 e. The van der Waals surface area contributed by atoms with Crippen LogP contribution in [0.25, 0.3) is 0 Å². The molecule has 0 aliphatic heterocycles. The van der Waals surface area contributed by atoms with Gasteiger partial charge < -0.3 is 15.4 Å². The van der Waals surface area contributed by atoms with Gasteiger partial charge in [-0.05, 0) is 38.8 Å². The first-order chi connectivity index (χ1) is 10.6. The molecule has 0 saturated carbocycles. The number of guanidine groups is 1. The van der Waals surface area contributed by atoms with Gasteiger partial charge in [-0.25, -0.2) is 0 Å². The second-order valence-electron chi connectivity index (χ2n) is 6.00. The summed E-state index contributed by atoms with van der Waals surface area (Å²) in [5.74, 6) is 1.61. The SMILES string of the molecule is CCNC(=NCC(CC(C)C)N(CC)CC)NCCCOC.I. The van der Waals surface area contributed by atoms with Gasteiger partial charge >= 0.3 is 0 Å². The van der Waals surface area contributed by atoms with Crippen LogP contribution in [0.1, 0.15) is 47.5 Å². The van der Waals surface area contributed by atoms with E-state index in [1.165, 1.54) is 6.42 Å². The number of methoxy groups -OCH3 is 1. The molecule has 0 radical (unpaired) electrons. The van der Waals surface area contributed by atoms with Crippen molar-refractivity contribution in [2.24, 2.45) is 10.9 Å². The maximum absolute atomic E-state index is 5.08. The van der Waals surface area contributed by atoms with Crippen LogP contribution >= 0.6 is 24.0 Å². The van der Waals surface area contributed by atoms with Gasteiger partial charge in [0.05, 0.1) is 6.54 Å². The Bertz CT molecular complexity index is 284. The van der Waals surface area contributed by atoms with Crippen LogP contribution in [0, 0.1) is 5.92 Å². The van der Waals surface area contributed by atoms with Gasteiger partial charge in [-0.2, -0.15) is 0 Å². The Morgan fingerprint density at radius 2 is 1.78 bits per heavy atom. The van der Waals surface area contributed by atoms with E-state index in [1.807, 2.05) is 0 Å². The molecule has 23 heavy (non-hydrogen) atoms. The summed E-state index contributed by atoms with van der Waals surface area (Å²) in [5.41, 5.74) is 0. The van der Waals surface area contributed by atoms with Crippen LogP contribution in [0.5, 0.6) is 0 Å². The Hall–Kier alpha value is -0.0800. The summed E-state index contributed by atoms with van der Waals surface area (Å²) < 4.78 is 5.08. The van der Waals surface area contributed by atoms with E-state index < -0.39 is 0 Å². The molecule has 1 atom stereocenters. The number of hydrogen-bond donors (Lipinski definition) is 2. The Kier molecular flexibility index (Phi) is 18.3. The highest BCUT2D eigenvalue weighted by Crippen LogP contribution is 2.12. The molecule has 0 bridgehead atoms. The second kappa shape index (κ2) is 16.8. The van der Waals surface area contributed by atoms with Crippen molar-refractivity contribution in [1.82, 2.24) is 15.5 Å². The average Bonchev–Trinajstić information content (AvgIpc) is 2.49. The van der Waals surface area contributed by atoms with E-state index in [1.54, 1.807) is 7.11 Å². The normalized spacial score (nSPS) is 13.1. The molecule has 140 valence electrons. The quantitative estimate of drug-likeness (QED) is 0.211. The Morgan fingerprint density at radius 3 is 2.26 bits per heavy atom. The number of ether oxygens (including phenoxy) is 1. The first-order valence-corrected chi connectivity index (χ1v) is 8.84. The summed E-state index contributed by atoms with van der Waals surface area (Å²) in [6.07, 6.45) is 2.18. The molecular weight excluding hydrogens is 403 g/mol. The predicted octanol–water partition coefficient (Wildman–Crippen LogP) is 2.95. The van der Waals surface area contributed by atoms with Crippen molar-refractivity contribution in [3.8, 4) is 0 Å². The maximum atomic E-state index is 5.08. The summed E-state index contributed by atoms with van der Waals surface area (Å²) in [6, 6.07) is 0.518. The van der Waals surface area contributed by atoms with Crippen LogP contribution in [0.2, 0.25) is 0 Å². The summed E-state index contributed by atoms with van der Waals surface area (Å²) in [4.78, 5) is 7.31. The Morgan fingerprint density at radius 1 is 1.13 bits per heavy atom. The van der Waals surface area contributed by atoms with E-state index >= 15 is 0 Å². The van der Waals surface area contributed by atoms with Gasteiger partial charge in [-0.1, -0.05) is 27.7 Å². The van der Waals surface area contributed by atoms with Crippen molar-refractivity contribution in [2.45, 2.75) is 53.5 Å². The standard InChI is InChI=1S/C17H38N4O.HI/c1-7-18-17(19-11-10-12-22-6)20-14-16(13-15(4)5)21(8-2)9-3;/h15-16H,7-14H2,1-6H3,(H2,18,19,20);1H. The molecule has 0 aromatic heterocycles. The van der Waals surface area contributed by atoms with Gasteiger partial charge in [-0.3, -0.25) is 9.89 Å². The molecular formula is C17H39IN4O. The first kappa shape index (κ1) is 25.2. The number of halogens is 1. The van der Waals surface area contributed by atoms with Gasteiger partial charge in [0.25, 0.3) is 0 Å². The minimum Gasteiger partial charge on any atom is -0.385 e. The molecule has 6 heteroatoms. The van der Waals surface area contributed by atoms with Crippen molar-refractivity contribution in [2.75, 3.05) is 46.4 Å². The molecule has 0 aliphatic rings. The fraction of sp³-hybridized carbons (Fsp3) is 0.941. The highest BCUT2D eigenvalue weighted by molar-refractivity contribution is 14.0. The summed E-state index contributed by atoms with van der Waals surface area (Å²) in [6.45, 7) is 16.7. The summed E-state index contributed by atoms with van der Waals surface area (Å²) >= 11 is 0. The van der Waals surface area contributed by atoms with Gasteiger partial charge in [0.15, 0.2) is 5.96 Å². The summed E-state index contributed by atoms with van der Waals surface area (Å²) in [7, 11) is 1.74. The second-order valence-corrected chi connectivity index (χ2v) is 6.00. The van der Waals surface area contributed by atoms with Gasteiger partial charge in [-0.15, -0.1) is 24.0 Å². The van der Waals surface area contributed by atoms with Crippen molar-refractivity contribution >= 4 is 29.9 Å². The minimum absolute atomic E-state index is 0. The number of likely N-dealkylation sites (N-methyl/N-ethyl adjacent to an activating group) is 1. The highest BCUT2D eigenvalue weighted by Gasteiger charge is 2.16. The average molecular weight is 442 g/mol. The highest BCUT2D eigenvalue weighted by atomic mass is 127. The van der Waals surface area contributed by atoms with Gasteiger partial charge in [0.2, 0.25) is 0 Å². The molecule has 0 heterocycles. The molecule has 1 unspecified atom stereocenters. The third kappa shape index (κ3) is 12.9. The topological polar surface area (TPSA) is 48.9 Å². The smallest absolute Gasteiger partial charge is 0.191 e. The Balaban J connectivity index is 0. The van der Waals surface area contributed by atoms with Crippen LogP contribution in [-0.4, -0.2) is 63.3 Å². The molecule has 0 aromatic rings. The predicted molar refractivity (Wildman–Crippen MR) is 112 cm³/mol. The molecule has 0 aromatic carbocycles. The lowest BCUT2D eigenvalue weighted by Crippen LogP contribution is -2.41. The van der Waals surface area contributed by atoms with E-state index in [-0.39, 0.29) is 24.0 Å². The molecule has 5 nitrogen and oxygen atoms in total. The first-order valence-electron chi connectivity index (χ1n) is 8.84. The molecule has 0 rings (SSSR count). The third-order valence-corrected chi connectivity index (χ3v) is 3.69. The van der Waals surface area contributed by atoms with Crippen LogP contribution < -0.4 is 10.6 Å². The molecule has 0 saturated heterocycles. The van der Waals surface area contributed by atoms with E-state index in [9.17, 15) is 0 Å². The number of aliphatic imine (C=N–C) groups is 1. The number of nitrogens with zero attached hydrogens (tertiary/aromatic N) is 2. The van der Waals surface area contributed by atoms with E-state index in [2.05, 4.69) is 50.2 Å². The molecule has 2 N–H and O–H groups in total. The zero-order valence-corrected chi connectivity index (χ0v) is 18.4. The molecule has 0 amide bonds. The van der Waals surface area contributed by atoms with Gasteiger partial charge in [0, 0.05) is 32.8 Å². The third-order valence-electron chi connectivity index (χ3n) is 3.69. The number of nitrogens with one attached hydrogen (secondary N) is 2. The van der Waals surface area contributed by atoms with E-state index in [0.717, 1.165) is 51.7 Å². The molecule has 0 aliphatic carbocycles. The van der Waals surface area contributed by atoms with Crippen LogP contribution in [-0.2, 0) is 4.74 Å². The number of hydrogen-bond acceptors (Lipinski definition) is 3. The lowest BCUT2D eigenvalue weighted by molar-refractivity contribution is 0.194. The monoisotopic (exact) mass is 442 g/mol. The van der Waals surface area contributed by atoms with Crippen molar-refractivity contribution in [3.05, 3.63) is 0 Å². The molecule has 0 spiro atoms. The van der Waals surface area contributed by atoms with Gasteiger partial charge in [0.1, 0.15) is 0 Å².